The number of likely N-dealkylation sites (N-methyl/N-ethyl adjacent to an activating group) is 1. The molecular formula is C13H18Cl3NO. The van der Waals surface area contributed by atoms with Crippen LogP contribution in [0.5, 0.6) is 0 Å². The molecule has 5 heteroatoms. The Bertz CT molecular complexity index is 411. The number of nitrogens with one attached hydrogen (secondary N) is 1. The number of halogens is 3. The number of hydrogen-bond donors (Lipinski definition) is 1. The maximum Gasteiger partial charge on any atom is 0.157 e. The molecule has 0 aromatic heterocycles. The topological polar surface area (TPSA) is 29.1 Å². The van der Waals surface area contributed by atoms with Crippen LogP contribution in [0.15, 0.2) is 24.3 Å². The first kappa shape index (κ1) is 17.7. The number of Topliss-reactive ketones (excluding diaryl/α,β-unsaturated/α-hetero) is 1. The highest BCUT2D eigenvalue weighted by Crippen LogP contribution is 2.37. The number of carbonyl (C=O) groups excluding carboxylic acids is 1. The lowest BCUT2D eigenvalue weighted by atomic mass is 9.75. The van der Waals surface area contributed by atoms with Crippen LogP contribution >= 0.6 is 36.4 Å². The number of rotatable bonds is 2. The molecule has 2 rings (SSSR count). The summed E-state index contributed by atoms with van der Waals surface area (Å²) in [5, 5.41) is 3.86. The van der Waals surface area contributed by atoms with Crippen molar-refractivity contribution in [2.45, 2.75) is 31.2 Å². The molecule has 1 saturated carbocycles. The Morgan fingerprint density at radius 2 is 1.89 bits per heavy atom. The van der Waals surface area contributed by atoms with E-state index in [0.717, 1.165) is 24.8 Å². The van der Waals surface area contributed by atoms with Crippen molar-refractivity contribution in [3.8, 4) is 0 Å². The van der Waals surface area contributed by atoms with Crippen molar-refractivity contribution < 1.29 is 4.79 Å². The molecule has 1 N–H and O–H groups in total. The molecule has 2 nitrogen and oxygen atoms in total. The summed E-state index contributed by atoms with van der Waals surface area (Å²) < 4.78 is 0. The first-order chi connectivity index (χ1) is 7.70. The number of carbonyl (C=O) groups is 1. The quantitative estimate of drug-likeness (QED) is 0.901. The van der Waals surface area contributed by atoms with Crippen LogP contribution in [0, 0.1) is 0 Å². The molecule has 0 spiro atoms. The number of hydrogen-bond acceptors (Lipinski definition) is 2. The maximum atomic E-state index is 12.2. The minimum Gasteiger partial charge on any atom is -0.304 e. The van der Waals surface area contributed by atoms with Crippen LogP contribution in [-0.2, 0) is 10.3 Å². The molecule has 1 aliphatic carbocycles. The van der Waals surface area contributed by atoms with E-state index in [1.807, 2.05) is 31.3 Å². The fourth-order valence-electron chi connectivity index (χ4n) is 2.52. The van der Waals surface area contributed by atoms with Crippen LogP contribution < -0.4 is 5.32 Å². The summed E-state index contributed by atoms with van der Waals surface area (Å²) in [4.78, 5) is 12.2. The van der Waals surface area contributed by atoms with E-state index >= 15 is 0 Å². The summed E-state index contributed by atoms with van der Waals surface area (Å²) >= 11 is 6.20. The van der Waals surface area contributed by atoms with Gasteiger partial charge in [-0.1, -0.05) is 36.2 Å². The molecule has 1 aliphatic rings. The average molecular weight is 311 g/mol. The van der Waals surface area contributed by atoms with E-state index in [0.29, 0.717) is 11.4 Å². The van der Waals surface area contributed by atoms with Gasteiger partial charge in [-0.05, 0) is 31.5 Å². The van der Waals surface area contributed by atoms with E-state index in [1.165, 1.54) is 0 Å². The zero-order valence-corrected chi connectivity index (χ0v) is 12.6. The molecule has 1 atom stereocenters. The van der Waals surface area contributed by atoms with Crippen LogP contribution in [0.3, 0.4) is 0 Å². The smallest absolute Gasteiger partial charge is 0.157 e. The molecule has 1 aromatic carbocycles. The molecule has 1 aromatic rings. The Morgan fingerprint density at radius 3 is 2.44 bits per heavy atom. The molecule has 0 aliphatic heterocycles. The van der Waals surface area contributed by atoms with Crippen molar-refractivity contribution >= 4 is 42.2 Å². The Labute approximate surface area is 125 Å². The summed E-state index contributed by atoms with van der Waals surface area (Å²) in [5.41, 5.74) is 0.361. The van der Waals surface area contributed by atoms with Crippen molar-refractivity contribution in [2.75, 3.05) is 7.05 Å². The fraction of sp³-hybridized carbons (Fsp3) is 0.462. The Balaban J connectivity index is 0.00000144. The average Bonchev–Trinajstić information content (AvgIpc) is 2.31. The van der Waals surface area contributed by atoms with Crippen LogP contribution in [0.1, 0.15) is 31.2 Å². The second-order valence-electron chi connectivity index (χ2n) is 4.27. The maximum absolute atomic E-state index is 12.2. The van der Waals surface area contributed by atoms with Gasteiger partial charge in [0.1, 0.15) is 5.54 Å². The summed E-state index contributed by atoms with van der Waals surface area (Å²) in [6, 6.07) is 7.62. The number of ketones is 1. The van der Waals surface area contributed by atoms with Crippen molar-refractivity contribution in [1.29, 1.82) is 0 Å². The van der Waals surface area contributed by atoms with E-state index < -0.39 is 5.54 Å². The molecule has 102 valence electrons. The summed E-state index contributed by atoms with van der Waals surface area (Å²) in [5.74, 6) is 0.259. The first-order valence-corrected chi connectivity index (χ1v) is 6.06. The van der Waals surface area contributed by atoms with Crippen molar-refractivity contribution in [3.63, 3.8) is 0 Å². The third-order valence-electron chi connectivity index (χ3n) is 3.44. The summed E-state index contributed by atoms with van der Waals surface area (Å²) in [6.45, 7) is 0. The number of benzene rings is 1. The Morgan fingerprint density at radius 1 is 1.22 bits per heavy atom. The van der Waals surface area contributed by atoms with Crippen molar-refractivity contribution in [2.24, 2.45) is 0 Å². The van der Waals surface area contributed by atoms with E-state index in [2.05, 4.69) is 5.32 Å². The normalized spacial score (nSPS) is 22.9. The van der Waals surface area contributed by atoms with Crippen molar-refractivity contribution in [1.82, 2.24) is 5.32 Å². The summed E-state index contributed by atoms with van der Waals surface area (Å²) in [7, 11) is 1.84. The van der Waals surface area contributed by atoms with Gasteiger partial charge >= 0.3 is 0 Å². The zero-order chi connectivity index (χ0) is 11.6. The van der Waals surface area contributed by atoms with E-state index in [-0.39, 0.29) is 30.6 Å². The van der Waals surface area contributed by atoms with Crippen LogP contribution in [-0.4, -0.2) is 12.8 Å². The molecule has 18 heavy (non-hydrogen) atoms. The minimum absolute atomic E-state index is 0. The van der Waals surface area contributed by atoms with Gasteiger partial charge in [0, 0.05) is 11.4 Å². The Hall–Kier alpha value is -0.280. The SMILES string of the molecule is CNC1(c2ccccc2Cl)CCCCC1=O.Cl.Cl. The second-order valence-corrected chi connectivity index (χ2v) is 4.67. The van der Waals surface area contributed by atoms with Gasteiger partial charge in [0.2, 0.25) is 0 Å². The van der Waals surface area contributed by atoms with Gasteiger partial charge in [-0.15, -0.1) is 24.8 Å². The standard InChI is InChI=1S/C13H16ClNO.2ClH/c1-15-13(9-5-4-8-12(13)16)10-6-2-3-7-11(10)14;;/h2-3,6-7,15H,4-5,8-9H2,1H3;2*1H. The van der Waals surface area contributed by atoms with Crippen LogP contribution in [0.25, 0.3) is 0 Å². The molecule has 0 amide bonds. The highest BCUT2D eigenvalue weighted by molar-refractivity contribution is 6.31. The second kappa shape index (κ2) is 7.34. The van der Waals surface area contributed by atoms with E-state index in [1.54, 1.807) is 0 Å². The van der Waals surface area contributed by atoms with Crippen LogP contribution in [0.4, 0.5) is 0 Å². The molecule has 0 bridgehead atoms. The molecule has 0 radical (unpaired) electrons. The van der Waals surface area contributed by atoms with Gasteiger partial charge in [0.15, 0.2) is 5.78 Å². The monoisotopic (exact) mass is 309 g/mol. The molecule has 0 saturated heterocycles. The highest BCUT2D eigenvalue weighted by Gasteiger charge is 2.40. The van der Waals surface area contributed by atoms with Gasteiger partial charge in [-0.25, -0.2) is 0 Å². The molecule has 0 heterocycles. The van der Waals surface area contributed by atoms with Crippen molar-refractivity contribution in [3.05, 3.63) is 34.9 Å². The molecular weight excluding hydrogens is 293 g/mol. The predicted octanol–water partition coefficient (Wildman–Crippen LogP) is 3.74. The fourth-order valence-corrected chi connectivity index (χ4v) is 2.82. The lowest BCUT2D eigenvalue weighted by Crippen LogP contribution is -2.49. The predicted molar refractivity (Wildman–Crippen MR) is 80.2 cm³/mol. The summed E-state index contributed by atoms with van der Waals surface area (Å²) in [6.07, 6.45) is 3.54. The lowest BCUT2D eigenvalue weighted by Gasteiger charge is -2.36. The van der Waals surface area contributed by atoms with Gasteiger partial charge in [-0.3, -0.25) is 4.79 Å². The van der Waals surface area contributed by atoms with Crippen LogP contribution in [0.2, 0.25) is 5.02 Å². The third kappa shape index (κ3) is 3.00. The van der Waals surface area contributed by atoms with Gasteiger partial charge in [-0.2, -0.15) is 0 Å². The van der Waals surface area contributed by atoms with Gasteiger partial charge in [0.05, 0.1) is 0 Å². The Kier molecular flexibility index (Phi) is 7.23. The molecule has 1 fully saturated rings. The first-order valence-electron chi connectivity index (χ1n) is 5.68. The van der Waals surface area contributed by atoms with Gasteiger partial charge in [0.25, 0.3) is 0 Å². The molecule has 1 unspecified atom stereocenters. The lowest BCUT2D eigenvalue weighted by molar-refractivity contribution is -0.127. The van der Waals surface area contributed by atoms with E-state index in [4.69, 9.17) is 11.6 Å². The largest absolute Gasteiger partial charge is 0.304 e. The van der Waals surface area contributed by atoms with Gasteiger partial charge < -0.3 is 5.32 Å². The highest BCUT2D eigenvalue weighted by atomic mass is 35.5. The van der Waals surface area contributed by atoms with E-state index in [9.17, 15) is 4.79 Å². The minimum atomic E-state index is -0.559. The zero-order valence-electron chi connectivity index (χ0n) is 10.2. The third-order valence-corrected chi connectivity index (χ3v) is 3.77.